The Hall–Kier alpha value is -1.79. The highest BCUT2D eigenvalue weighted by Gasteiger charge is 2.32. The third-order valence-corrected chi connectivity index (χ3v) is 4.26. The molecule has 1 heterocycles. The van der Waals surface area contributed by atoms with Gasteiger partial charge in [-0.15, -0.1) is 0 Å². The van der Waals surface area contributed by atoms with Crippen LogP contribution in [0.15, 0.2) is 18.2 Å². The molecule has 1 aromatic carbocycles. The van der Waals surface area contributed by atoms with E-state index >= 15 is 0 Å². The van der Waals surface area contributed by atoms with Crippen molar-refractivity contribution in [3.63, 3.8) is 0 Å². The highest BCUT2D eigenvalue weighted by atomic mass is 35.5. The molecule has 118 valence electrons. The van der Waals surface area contributed by atoms with Crippen LogP contribution in [0.1, 0.15) is 19.8 Å². The van der Waals surface area contributed by atoms with Crippen molar-refractivity contribution in [1.82, 2.24) is 10.6 Å². The lowest BCUT2D eigenvalue weighted by atomic mass is 9.93. The number of halogens is 2. The van der Waals surface area contributed by atoms with Gasteiger partial charge in [-0.05, 0) is 25.5 Å². The molecule has 22 heavy (non-hydrogen) atoms. The first-order valence-electron chi connectivity index (χ1n) is 6.73. The SMILES string of the molecule is CC1NC(=O)NC(=O)C1CCC(=O)Nc1cccc(Cl)c1Cl. The van der Waals surface area contributed by atoms with E-state index in [0.29, 0.717) is 17.1 Å². The predicted octanol–water partition coefficient (Wildman–Crippen LogP) is 2.56. The Morgan fingerprint density at radius 3 is 2.73 bits per heavy atom. The highest BCUT2D eigenvalue weighted by molar-refractivity contribution is 6.43. The highest BCUT2D eigenvalue weighted by Crippen LogP contribution is 2.29. The molecular weight excluding hydrogens is 329 g/mol. The molecule has 4 amide bonds. The molecule has 6 nitrogen and oxygen atoms in total. The smallest absolute Gasteiger partial charge is 0.321 e. The standard InChI is InChI=1S/C14H15Cl2N3O3/c1-7-8(13(21)19-14(22)17-7)5-6-11(20)18-10-4-2-3-9(15)12(10)16/h2-4,7-8H,5-6H2,1H3,(H,18,20)(H2,17,19,21,22). The number of benzene rings is 1. The number of hydrogen-bond donors (Lipinski definition) is 3. The van der Waals surface area contributed by atoms with Crippen molar-refractivity contribution in [2.75, 3.05) is 5.32 Å². The maximum Gasteiger partial charge on any atom is 0.321 e. The quantitative estimate of drug-likeness (QED) is 0.784. The first-order chi connectivity index (χ1) is 10.4. The molecule has 2 unspecified atom stereocenters. The zero-order valence-corrected chi connectivity index (χ0v) is 13.3. The van der Waals surface area contributed by atoms with Crippen LogP contribution in [0.4, 0.5) is 10.5 Å². The van der Waals surface area contributed by atoms with Crippen LogP contribution in [0.2, 0.25) is 10.0 Å². The number of amides is 4. The summed E-state index contributed by atoms with van der Waals surface area (Å²) in [6.07, 6.45) is 0.443. The fourth-order valence-corrected chi connectivity index (χ4v) is 2.60. The average Bonchev–Trinajstić information content (AvgIpc) is 2.42. The Bertz CT molecular complexity index is 621. The van der Waals surface area contributed by atoms with Gasteiger partial charge in [0.05, 0.1) is 21.7 Å². The normalized spacial score (nSPS) is 21.0. The topological polar surface area (TPSA) is 87.3 Å². The van der Waals surface area contributed by atoms with Crippen molar-refractivity contribution in [1.29, 1.82) is 0 Å². The second kappa shape index (κ2) is 6.98. The number of carbonyl (C=O) groups excluding carboxylic acids is 3. The first kappa shape index (κ1) is 16.6. The number of imide groups is 1. The zero-order chi connectivity index (χ0) is 16.3. The van der Waals surface area contributed by atoms with Crippen LogP contribution in [0.25, 0.3) is 0 Å². The summed E-state index contributed by atoms with van der Waals surface area (Å²) in [5.41, 5.74) is 0.425. The lowest BCUT2D eigenvalue weighted by Gasteiger charge is -2.28. The maximum atomic E-state index is 12.0. The minimum atomic E-state index is -0.510. The Morgan fingerprint density at radius 1 is 1.32 bits per heavy atom. The summed E-state index contributed by atoms with van der Waals surface area (Å²) < 4.78 is 0. The second-order valence-corrected chi connectivity index (χ2v) is 5.83. The number of anilines is 1. The number of nitrogens with one attached hydrogen (secondary N) is 3. The summed E-state index contributed by atoms with van der Waals surface area (Å²) in [7, 11) is 0. The summed E-state index contributed by atoms with van der Waals surface area (Å²) in [6.45, 7) is 1.73. The summed E-state index contributed by atoms with van der Waals surface area (Å²) in [4.78, 5) is 34.8. The third kappa shape index (κ3) is 3.90. The molecule has 0 spiro atoms. The molecule has 1 aliphatic heterocycles. The van der Waals surface area contributed by atoms with Crippen molar-refractivity contribution in [2.24, 2.45) is 5.92 Å². The maximum absolute atomic E-state index is 12.0. The Morgan fingerprint density at radius 2 is 2.05 bits per heavy atom. The molecule has 1 aliphatic rings. The van der Waals surface area contributed by atoms with E-state index in [2.05, 4.69) is 16.0 Å². The Balaban J connectivity index is 1.91. The second-order valence-electron chi connectivity index (χ2n) is 5.05. The summed E-state index contributed by atoms with van der Waals surface area (Å²) >= 11 is 11.9. The van der Waals surface area contributed by atoms with Crippen molar-refractivity contribution >= 4 is 46.7 Å². The molecule has 1 saturated heterocycles. The molecule has 2 rings (SSSR count). The van der Waals surface area contributed by atoms with E-state index in [9.17, 15) is 14.4 Å². The minimum absolute atomic E-state index is 0.126. The molecule has 3 N–H and O–H groups in total. The molecule has 0 bridgehead atoms. The third-order valence-electron chi connectivity index (χ3n) is 3.44. The zero-order valence-electron chi connectivity index (χ0n) is 11.8. The molecule has 8 heteroatoms. The summed E-state index contributed by atoms with van der Waals surface area (Å²) in [6, 6.07) is 4.11. The van der Waals surface area contributed by atoms with Crippen molar-refractivity contribution < 1.29 is 14.4 Å². The fraction of sp³-hybridized carbons (Fsp3) is 0.357. The predicted molar refractivity (Wildman–Crippen MR) is 84.0 cm³/mol. The molecule has 0 aliphatic carbocycles. The van der Waals surface area contributed by atoms with Gasteiger partial charge in [0.2, 0.25) is 11.8 Å². The lowest BCUT2D eigenvalue weighted by molar-refractivity contribution is -0.126. The molecule has 2 atom stereocenters. The van der Waals surface area contributed by atoms with Crippen molar-refractivity contribution in [3.8, 4) is 0 Å². The largest absolute Gasteiger partial charge is 0.335 e. The van der Waals surface area contributed by atoms with E-state index < -0.39 is 11.9 Å². The number of hydrogen-bond acceptors (Lipinski definition) is 3. The lowest BCUT2D eigenvalue weighted by Crippen LogP contribution is -2.57. The van der Waals surface area contributed by atoms with Crippen LogP contribution >= 0.6 is 23.2 Å². The van der Waals surface area contributed by atoms with E-state index in [1.54, 1.807) is 25.1 Å². The summed E-state index contributed by atoms with van der Waals surface area (Å²) in [5.74, 6) is -1.09. The van der Waals surface area contributed by atoms with Gasteiger partial charge in [0.15, 0.2) is 0 Å². The van der Waals surface area contributed by atoms with Crippen LogP contribution in [0.3, 0.4) is 0 Å². The van der Waals surface area contributed by atoms with Gasteiger partial charge in [0, 0.05) is 12.5 Å². The van der Waals surface area contributed by atoms with E-state index in [-0.39, 0.29) is 29.3 Å². The van der Waals surface area contributed by atoms with Gasteiger partial charge in [-0.25, -0.2) is 4.79 Å². The van der Waals surface area contributed by atoms with Crippen molar-refractivity contribution in [3.05, 3.63) is 28.2 Å². The van der Waals surface area contributed by atoms with Gasteiger partial charge in [-0.2, -0.15) is 0 Å². The van der Waals surface area contributed by atoms with Gasteiger partial charge in [-0.3, -0.25) is 14.9 Å². The molecule has 0 saturated carbocycles. The minimum Gasteiger partial charge on any atom is -0.335 e. The first-order valence-corrected chi connectivity index (χ1v) is 7.49. The molecule has 0 radical (unpaired) electrons. The monoisotopic (exact) mass is 343 g/mol. The molecule has 1 fully saturated rings. The Labute approximate surface area is 137 Å². The average molecular weight is 344 g/mol. The number of rotatable bonds is 4. The van der Waals surface area contributed by atoms with Gasteiger partial charge >= 0.3 is 6.03 Å². The number of urea groups is 1. The van der Waals surface area contributed by atoms with Gasteiger partial charge in [-0.1, -0.05) is 29.3 Å². The van der Waals surface area contributed by atoms with Crippen LogP contribution in [0.5, 0.6) is 0 Å². The van der Waals surface area contributed by atoms with Crippen LogP contribution in [0, 0.1) is 5.92 Å². The molecule has 1 aromatic rings. The van der Waals surface area contributed by atoms with E-state index in [0.717, 1.165) is 0 Å². The fourth-order valence-electron chi connectivity index (χ4n) is 2.26. The van der Waals surface area contributed by atoms with Crippen molar-refractivity contribution in [2.45, 2.75) is 25.8 Å². The van der Waals surface area contributed by atoms with Crippen LogP contribution in [-0.2, 0) is 9.59 Å². The number of carbonyl (C=O) groups is 3. The Kier molecular flexibility index (Phi) is 5.26. The van der Waals surface area contributed by atoms with Crippen LogP contribution in [-0.4, -0.2) is 23.9 Å². The van der Waals surface area contributed by atoms with Crippen LogP contribution < -0.4 is 16.0 Å². The molecular formula is C14H15Cl2N3O3. The van der Waals surface area contributed by atoms with Gasteiger partial charge < -0.3 is 10.6 Å². The van der Waals surface area contributed by atoms with E-state index in [1.807, 2.05) is 0 Å². The summed E-state index contributed by atoms with van der Waals surface area (Å²) in [5, 5.41) is 8.08. The van der Waals surface area contributed by atoms with Gasteiger partial charge in [0.25, 0.3) is 0 Å². The van der Waals surface area contributed by atoms with E-state index in [1.165, 1.54) is 0 Å². The van der Waals surface area contributed by atoms with E-state index in [4.69, 9.17) is 23.2 Å². The van der Waals surface area contributed by atoms with Gasteiger partial charge in [0.1, 0.15) is 0 Å². The molecule has 0 aromatic heterocycles.